The van der Waals surface area contributed by atoms with Gasteiger partial charge in [0.1, 0.15) is 0 Å². The van der Waals surface area contributed by atoms with Gasteiger partial charge in [0.05, 0.1) is 11.4 Å². The normalized spacial score (nSPS) is 10.8. The molecule has 0 aliphatic heterocycles. The quantitative estimate of drug-likeness (QED) is 0.835. The van der Waals surface area contributed by atoms with Crippen molar-refractivity contribution in [3.8, 4) is 5.69 Å². The van der Waals surface area contributed by atoms with E-state index in [2.05, 4.69) is 37.1 Å². The van der Waals surface area contributed by atoms with Crippen molar-refractivity contribution in [3.05, 3.63) is 46.8 Å². The van der Waals surface area contributed by atoms with Crippen molar-refractivity contribution in [2.24, 2.45) is 5.73 Å². The summed E-state index contributed by atoms with van der Waals surface area (Å²) in [5.74, 6) is 0. The number of aromatic nitrogens is 2. The summed E-state index contributed by atoms with van der Waals surface area (Å²) in [5, 5.41) is 4.47. The highest BCUT2D eigenvalue weighted by molar-refractivity contribution is 5.39. The Morgan fingerprint density at radius 2 is 1.75 bits per heavy atom. The third-order valence-electron chi connectivity index (χ3n) is 2.69. The van der Waals surface area contributed by atoms with Crippen molar-refractivity contribution < 1.29 is 0 Å². The van der Waals surface area contributed by atoms with Gasteiger partial charge in [0.15, 0.2) is 0 Å². The minimum atomic E-state index is 0.538. The van der Waals surface area contributed by atoms with Crippen LogP contribution < -0.4 is 5.73 Å². The molecule has 3 heteroatoms. The van der Waals surface area contributed by atoms with Crippen molar-refractivity contribution >= 4 is 0 Å². The second-order valence-corrected chi connectivity index (χ2v) is 4.23. The predicted molar refractivity (Wildman–Crippen MR) is 65.7 cm³/mol. The molecule has 16 heavy (non-hydrogen) atoms. The van der Waals surface area contributed by atoms with Crippen LogP contribution in [0.25, 0.3) is 5.69 Å². The Morgan fingerprint density at radius 1 is 1.12 bits per heavy atom. The molecule has 0 aliphatic carbocycles. The lowest BCUT2D eigenvalue weighted by Crippen LogP contribution is -1.96. The van der Waals surface area contributed by atoms with E-state index in [1.165, 1.54) is 11.1 Å². The number of hydrogen-bond acceptors (Lipinski definition) is 2. The van der Waals surface area contributed by atoms with Gasteiger partial charge < -0.3 is 5.73 Å². The van der Waals surface area contributed by atoms with Crippen molar-refractivity contribution in [1.82, 2.24) is 9.78 Å². The Kier molecular flexibility index (Phi) is 2.79. The molecule has 3 nitrogen and oxygen atoms in total. The van der Waals surface area contributed by atoms with E-state index < -0.39 is 0 Å². The number of hydrogen-bond donors (Lipinski definition) is 1. The van der Waals surface area contributed by atoms with E-state index >= 15 is 0 Å². The Balaban J connectivity index is 2.49. The van der Waals surface area contributed by atoms with Crippen LogP contribution in [0.3, 0.4) is 0 Å². The molecule has 2 N–H and O–H groups in total. The third kappa shape index (κ3) is 1.99. The molecule has 1 aromatic carbocycles. The number of nitrogens with two attached hydrogens (primary N) is 1. The second-order valence-electron chi connectivity index (χ2n) is 4.23. The molecule has 84 valence electrons. The maximum absolute atomic E-state index is 5.65. The molecule has 0 aliphatic rings. The zero-order valence-corrected chi connectivity index (χ0v) is 9.99. The molecule has 0 spiro atoms. The third-order valence-corrected chi connectivity index (χ3v) is 2.69. The largest absolute Gasteiger partial charge is 0.326 e. The lowest BCUT2D eigenvalue weighted by molar-refractivity contribution is 0.860. The molecule has 1 heterocycles. The van der Waals surface area contributed by atoms with Gasteiger partial charge in [-0.3, -0.25) is 0 Å². The fourth-order valence-electron chi connectivity index (χ4n) is 1.91. The minimum Gasteiger partial charge on any atom is -0.326 e. The summed E-state index contributed by atoms with van der Waals surface area (Å²) < 4.78 is 1.90. The minimum absolute atomic E-state index is 0.538. The van der Waals surface area contributed by atoms with E-state index in [0.717, 1.165) is 16.9 Å². The Bertz CT molecular complexity index is 492. The van der Waals surface area contributed by atoms with Crippen LogP contribution in [0.5, 0.6) is 0 Å². The van der Waals surface area contributed by atoms with E-state index in [1.807, 2.05) is 17.8 Å². The van der Waals surface area contributed by atoms with E-state index in [1.54, 1.807) is 0 Å². The molecular weight excluding hydrogens is 198 g/mol. The lowest BCUT2D eigenvalue weighted by Gasteiger charge is -2.04. The topological polar surface area (TPSA) is 43.8 Å². The molecule has 0 atom stereocenters. The fraction of sp³-hybridized carbons (Fsp3) is 0.308. The van der Waals surface area contributed by atoms with Crippen molar-refractivity contribution in [3.63, 3.8) is 0 Å². The van der Waals surface area contributed by atoms with Gasteiger partial charge in [-0.25, -0.2) is 4.68 Å². The molecule has 0 unspecified atom stereocenters. The number of aryl methyl sites for hydroxylation is 3. The van der Waals surface area contributed by atoms with Gasteiger partial charge in [0, 0.05) is 18.3 Å². The summed E-state index contributed by atoms with van der Waals surface area (Å²) in [6, 6.07) is 6.41. The summed E-state index contributed by atoms with van der Waals surface area (Å²) in [6.07, 6.45) is 2.00. The van der Waals surface area contributed by atoms with Gasteiger partial charge >= 0.3 is 0 Å². The van der Waals surface area contributed by atoms with E-state index in [-0.39, 0.29) is 0 Å². The smallest absolute Gasteiger partial charge is 0.0651 e. The molecule has 1 aromatic heterocycles. The highest BCUT2D eigenvalue weighted by Crippen LogP contribution is 2.15. The van der Waals surface area contributed by atoms with Crippen LogP contribution in [0.4, 0.5) is 0 Å². The average molecular weight is 215 g/mol. The monoisotopic (exact) mass is 215 g/mol. The standard InChI is InChI=1S/C13H17N3/c1-9-4-10(2)6-13(5-9)16-8-12(7-14)11(3)15-16/h4-6,8H,7,14H2,1-3H3. The highest BCUT2D eigenvalue weighted by atomic mass is 15.3. The first-order valence-corrected chi connectivity index (χ1v) is 5.44. The Morgan fingerprint density at radius 3 is 2.25 bits per heavy atom. The maximum atomic E-state index is 5.65. The summed E-state index contributed by atoms with van der Waals surface area (Å²) in [5.41, 5.74) is 11.3. The predicted octanol–water partition coefficient (Wildman–Crippen LogP) is 2.26. The number of benzene rings is 1. The molecule has 0 radical (unpaired) electrons. The average Bonchev–Trinajstić information content (AvgIpc) is 2.58. The van der Waals surface area contributed by atoms with Gasteiger partial charge in [-0.1, -0.05) is 6.07 Å². The van der Waals surface area contributed by atoms with E-state index in [4.69, 9.17) is 5.73 Å². The zero-order valence-electron chi connectivity index (χ0n) is 9.99. The van der Waals surface area contributed by atoms with Gasteiger partial charge in [-0.05, 0) is 44.0 Å². The van der Waals surface area contributed by atoms with Crippen molar-refractivity contribution in [2.75, 3.05) is 0 Å². The molecule has 2 aromatic rings. The van der Waals surface area contributed by atoms with Gasteiger partial charge in [0.2, 0.25) is 0 Å². The van der Waals surface area contributed by atoms with Crippen LogP contribution in [-0.4, -0.2) is 9.78 Å². The second kappa shape index (κ2) is 4.10. The molecule has 0 saturated heterocycles. The van der Waals surface area contributed by atoms with Crippen LogP contribution in [-0.2, 0) is 6.54 Å². The number of rotatable bonds is 2. The first-order valence-electron chi connectivity index (χ1n) is 5.44. The maximum Gasteiger partial charge on any atom is 0.0651 e. The van der Waals surface area contributed by atoms with Crippen LogP contribution in [0, 0.1) is 20.8 Å². The first-order chi connectivity index (χ1) is 7.60. The molecule has 0 amide bonds. The first kappa shape index (κ1) is 10.9. The SMILES string of the molecule is Cc1cc(C)cc(-n2cc(CN)c(C)n2)c1. The molecule has 0 fully saturated rings. The van der Waals surface area contributed by atoms with Gasteiger partial charge in [0.25, 0.3) is 0 Å². The summed E-state index contributed by atoms with van der Waals surface area (Å²) >= 11 is 0. The molecule has 0 saturated carbocycles. The molecular formula is C13H17N3. The van der Waals surface area contributed by atoms with Crippen molar-refractivity contribution in [1.29, 1.82) is 0 Å². The van der Waals surface area contributed by atoms with Gasteiger partial charge in [-0.15, -0.1) is 0 Å². The van der Waals surface area contributed by atoms with Crippen LogP contribution in [0.2, 0.25) is 0 Å². The van der Waals surface area contributed by atoms with Crippen LogP contribution in [0.15, 0.2) is 24.4 Å². The number of nitrogens with zero attached hydrogens (tertiary/aromatic N) is 2. The van der Waals surface area contributed by atoms with Crippen molar-refractivity contribution in [2.45, 2.75) is 27.3 Å². The van der Waals surface area contributed by atoms with Gasteiger partial charge in [-0.2, -0.15) is 5.10 Å². The van der Waals surface area contributed by atoms with E-state index in [9.17, 15) is 0 Å². The van der Waals surface area contributed by atoms with Crippen LogP contribution in [0.1, 0.15) is 22.4 Å². The fourth-order valence-corrected chi connectivity index (χ4v) is 1.91. The zero-order chi connectivity index (χ0) is 11.7. The van der Waals surface area contributed by atoms with Crippen LogP contribution >= 0.6 is 0 Å². The molecule has 2 rings (SSSR count). The summed E-state index contributed by atoms with van der Waals surface area (Å²) in [4.78, 5) is 0. The molecule has 0 bridgehead atoms. The Labute approximate surface area is 95.9 Å². The highest BCUT2D eigenvalue weighted by Gasteiger charge is 2.05. The summed E-state index contributed by atoms with van der Waals surface area (Å²) in [7, 11) is 0. The van der Waals surface area contributed by atoms with E-state index in [0.29, 0.717) is 6.54 Å². The summed E-state index contributed by atoms with van der Waals surface area (Å²) in [6.45, 7) is 6.71. The Hall–Kier alpha value is -1.61. The lowest BCUT2D eigenvalue weighted by atomic mass is 10.1.